The number of ketones is 1. The number of Topliss-reactive ketones (excluding diaryl/α,β-unsaturated/α-hetero) is 1. The number of benzene rings is 1. The van der Waals surface area contributed by atoms with Crippen LogP contribution in [-0.2, 0) is 20.7 Å². The molecule has 1 saturated heterocycles. The summed E-state index contributed by atoms with van der Waals surface area (Å²) >= 11 is 3.75. The van der Waals surface area contributed by atoms with Gasteiger partial charge in [0.25, 0.3) is 0 Å². The highest BCUT2D eigenvalue weighted by molar-refractivity contribution is 8.18. The number of esters is 1. The minimum Gasteiger partial charge on any atom is -0.508 e. The summed E-state index contributed by atoms with van der Waals surface area (Å²) in [6.07, 6.45) is 11.8. The molecule has 1 heterocycles. The van der Waals surface area contributed by atoms with E-state index in [1.807, 2.05) is 35.7 Å². The van der Waals surface area contributed by atoms with Crippen molar-refractivity contribution in [3.05, 3.63) is 29.8 Å². The van der Waals surface area contributed by atoms with Crippen LogP contribution in [-0.4, -0.2) is 50.3 Å². The van der Waals surface area contributed by atoms with Crippen LogP contribution in [0, 0.1) is 0 Å². The zero-order valence-electron chi connectivity index (χ0n) is 21.3. The number of unbranched alkanes of at least 4 members (excludes halogenated alkanes) is 7. The first-order valence-corrected chi connectivity index (χ1v) is 15.3. The Hall–Kier alpha value is -1.18. The molecule has 198 valence electrons. The molecule has 1 unspecified atom stereocenters. The average Bonchev–Trinajstić information content (AvgIpc) is 2.83. The number of aliphatic hydroxyl groups excluding tert-OH is 1. The van der Waals surface area contributed by atoms with Crippen molar-refractivity contribution in [3.63, 3.8) is 0 Å². The van der Waals surface area contributed by atoms with Crippen molar-refractivity contribution >= 4 is 35.3 Å². The third-order valence-electron chi connectivity index (χ3n) is 6.36. The molecule has 1 aliphatic heterocycles. The van der Waals surface area contributed by atoms with Crippen molar-refractivity contribution in [2.45, 2.75) is 107 Å². The maximum Gasteiger partial charge on any atom is 0.313 e. The van der Waals surface area contributed by atoms with E-state index in [1.54, 1.807) is 12.1 Å². The standard InChI is InChI=1S/C28H44O5S2/c1-2-3-4-5-6-7-8-9-17-33-27(32)21-25(30)20-26(31)22-28(34-18-10-19-35-28)16-15-23-11-13-24(29)14-12-23/h11-14,26,29,31H,2-10,15-22H2,1H3. The Balaban J connectivity index is 1.66. The second kappa shape index (κ2) is 17.3. The lowest BCUT2D eigenvalue weighted by atomic mass is 10.0. The van der Waals surface area contributed by atoms with E-state index in [0.717, 1.165) is 55.6 Å². The SMILES string of the molecule is CCCCCCCCCCOC(=O)CC(=O)CC(O)CC1(CCc2ccc(O)cc2)SCCCS1. The molecule has 35 heavy (non-hydrogen) atoms. The van der Waals surface area contributed by atoms with Gasteiger partial charge in [-0.1, -0.05) is 64.0 Å². The highest BCUT2D eigenvalue weighted by Gasteiger charge is 2.36. The summed E-state index contributed by atoms with van der Waals surface area (Å²) in [6, 6.07) is 7.26. The molecular weight excluding hydrogens is 480 g/mol. The van der Waals surface area contributed by atoms with Gasteiger partial charge in [0.1, 0.15) is 18.0 Å². The quantitative estimate of drug-likeness (QED) is 0.126. The molecule has 0 spiro atoms. The first-order chi connectivity index (χ1) is 16.9. The number of aliphatic hydroxyl groups is 1. The minimum absolute atomic E-state index is 0.00502. The van der Waals surface area contributed by atoms with E-state index in [9.17, 15) is 19.8 Å². The van der Waals surface area contributed by atoms with Gasteiger partial charge in [-0.3, -0.25) is 9.59 Å². The van der Waals surface area contributed by atoms with Gasteiger partial charge in [0, 0.05) is 6.42 Å². The first-order valence-electron chi connectivity index (χ1n) is 13.3. The van der Waals surface area contributed by atoms with Crippen LogP contribution in [0.4, 0.5) is 0 Å². The fourth-order valence-corrected chi connectivity index (χ4v) is 7.83. The van der Waals surface area contributed by atoms with Gasteiger partial charge in [0.2, 0.25) is 0 Å². The molecule has 2 rings (SSSR count). The van der Waals surface area contributed by atoms with E-state index in [1.165, 1.54) is 32.1 Å². The van der Waals surface area contributed by atoms with Crippen LogP contribution in [0.2, 0.25) is 0 Å². The summed E-state index contributed by atoms with van der Waals surface area (Å²) in [5.74, 6) is 1.63. The van der Waals surface area contributed by atoms with Crippen LogP contribution in [0.25, 0.3) is 0 Å². The Labute approximate surface area is 220 Å². The van der Waals surface area contributed by atoms with Crippen molar-refractivity contribution in [1.82, 2.24) is 0 Å². The lowest BCUT2D eigenvalue weighted by Gasteiger charge is -2.37. The third kappa shape index (κ3) is 13.1. The Morgan fingerprint density at radius 2 is 1.63 bits per heavy atom. The van der Waals surface area contributed by atoms with Gasteiger partial charge in [-0.05, 0) is 61.3 Å². The summed E-state index contributed by atoms with van der Waals surface area (Å²) in [4.78, 5) is 24.4. The van der Waals surface area contributed by atoms with Crippen LogP contribution < -0.4 is 0 Å². The Bertz CT molecular complexity index is 731. The van der Waals surface area contributed by atoms with Gasteiger partial charge in [0.15, 0.2) is 0 Å². The summed E-state index contributed by atoms with van der Waals surface area (Å²) in [5.41, 5.74) is 1.15. The van der Waals surface area contributed by atoms with Gasteiger partial charge < -0.3 is 14.9 Å². The maximum atomic E-state index is 12.4. The Morgan fingerprint density at radius 3 is 2.29 bits per heavy atom. The molecule has 0 saturated carbocycles. The largest absolute Gasteiger partial charge is 0.508 e. The molecule has 7 heteroatoms. The lowest BCUT2D eigenvalue weighted by Crippen LogP contribution is -2.32. The summed E-state index contributed by atoms with van der Waals surface area (Å²) in [7, 11) is 0. The number of carbonyl (C=O) groups is 2. The molecule has 0 aliphatic carbocycles. The van der Waals surface area contributed by atoms with Gasteiger partial charge in [0.05, 0.1) is 16.8 Å². The van der Waals surface area contributed by atoms with E-state index in [-0.39, 0.29) is 28.5 Å². The number of thioether (sulfide) groups is 2. The van der Waals surface area contributed by atoms with E-state index in [4.69, 9.17) is 4.74 Å². The highest BCUT2D eigenvalue weighted by atomic mass is 32.2. The Morgan fingerprint density at radius 1 is 1.00 bits per heavy atom. The zero-order valence-corrected chi connectivity index (χ0v) is 23.0. The number of rotatable bonds is 18. The molecule has 5 nitrogen and oxygen atoms in total. The monoisotopic (exact) mass is 524 g/mol. The second-order valence-corrected chi connectivity index (χ2v) is 12.8. The average molecular weight is 525 g/mol. The molecule has 1 aromatic rings. The molecule has 1 fully saturated rings. The van der Waals surface area contributed by atoms with Crippen molar-refractivity contribution in [1.29, 1.82) is 0 Å². The Kier molecular flexibility index (Phi) is 14.9. The van der Waals surface area contributed by atoms with E-state index in [0.29, 0.717) is 13.0 Å². The zero-order chi connectivity index (χ0) is 25.4. The predicted octanol–water partition coefficient (Wildman–Crippen LogP) is 6.68. The van der Waals surface area contributed by atoms with Crippen LogP contribution >= 0.6 is 23.5 Å². The third-order valence-corrected chi connectivity index (χ3v) is 9.85. The molecule has 1 atom stereocenters. The molecular formula is C28H44O5S2. The van der Waals surface area contributed by atoms with E-state index >= 15 is 0 Å². The van der Waals surface area contributed by atoms with Gasteiger partial charge >= 0.3 is 5.97 Å². The molecule has 1 aromatic carbocycles. The number of phenolic OH excluding ortho intramolecular Hbond substituents is 1. The summed E-state index contributed by atoms with van der Waals surface area (Å²) in [6.45, 7) is 2.59. The molecule has 0 amide bonds. The topological polar surface area (TPSA) is 83.8 Å². The number of hydrogen-bond donors (Lipinski definition) is 2. The van der Waals surface area contributed by atoms with Gasteiger partial charge in [-0.25, -0.2) is 0 Å². The number of aromatic hydroxyl groups is 1. The normalized spacial score (nSPS) is 16.1. The van der Waals surface area contributed by atoms with E-state index in [2.05, 4.69) is 6.92 Å². The molecule has 0 aromatic heterocycles. The molecule has 1 aliphatic rings. The second-order valence-electron chi connectivity index (χ2n) is 9.60. The van der Waals surface area contributed by atoms with Crippen molar-refractivity contribution in [2.24, 2.45) is 0 Å². The summed E-state index contributed by atoms with van der Waals surface area (Å²) < 4.78 is 5.11. The van der Waals surface area contributed by atoms with Crippen molar-refractivity contribution in [2.75, 3.05) is 18.1 Å². The number of ether oxygens (including phenoxy) is 1. The van der Waals surface area contributed by atoms with Crippen molar-refractivity contribution in [3.8, 4) is 5.75 Å². The smallest absolute Gasteiger partial charge is 0.313 e. The van der Waals surface area contributed by atoms with Crippen LogP contribution in [0.5, 0.6) is 5.75 Å². The fraction of sp³-hybridized carbons (Fsp3) is 0.714. The van der Waals surface area contributed by atoms with Crippen LogP contribution in [0.1, 0.15) is 96.0 Å². The number of carbonyl (C=O) groups excluding carboxylic acids is 2. The number of aryl methyl sites for hydroxylation is 1. The lowest BCUT2D eigenvalue weighted by molar-refractivity contribution is -0.146. The predicted molar refractivity (Wildman–Crippen MR) is 147 cm³/mol. The first kappa shape index (κ1) is 30.0. The highest BCUT2D eigenvalue weighted by Crippen LogP contribution is 2.49. The van der Waals surface area contributed by atoms with Gasteiger partial charge in [-0.2, -0.15) is 0 Å². The molecule has 0 radical (unpaired) electrons. The summed E-state index contributed by atoms with van der Waals surface area (Å²) in [5, 5.41) is 20.2. The molecule has 2 N–H and O–H groups in total. The number of hydrogen-bond acceptors (Lipinski definition) is 7. The van der Waals surface area contributed by atoms with Crippen molar-refractivity contribution < 1.29 is 24.5 Å². The van der Waals surface area contributed by atoms with Crippen LogP contribution in [0.3, 0.4) is 0 Å². The number of phenols is 1. The van der Waals surface area contributed by atoms with Gasteiger partial charge in [-0.15, -0.1) is 23.5 Å². The fourth-order valence-electron chi connectivity index (χ4n) is 4.38. The van der Waals surface area contributed by atoms with Crippen LogP contribution in [0.15, 0.2) is 24.3 Å². The van der Waals surface area contributed by atoms with E-state index < -0.39 is 12.1 Å². The minimum atomic E-state index is -0.763. The molecule has 0 bridgehead atoms. The maximum absolute atomic E-state index is 12.4.